The van der Waals surface area contributed by atoms with Gasteiger partial charge in [-0.05, 0) is 37.0 Å². The number of nitrogens with zero attached hydrogens (tertiary/aromatic N) is 3. The Hall–Kier alpha value is -0.900. The highest BCUT2D eigenvalue weighted by atomic mass is 15.3. The second-order valence-corrected chi connectivity index (χ2v) is 6.99. The van der Waals surface area contributed by atoms with Crippen LogP contribution in [-0.4, -0.2) is 20.3 Å². The third-order valence-corrected chi connectivity index (χ3v) is 4.54. The lowest BCUT2D eigenvalue weighted by Gasteiger charge is -2.40. The molecule has 0 saturated heterocycles. The largest absolute Gasteiger partial charge is 0.325 e. The summed E-state index contributed by atoms with van der Waals surface area (Å²) in [6, 6.07) is 0. The van der Waals surface area contributed by atoms with E-state index in [9.17, 15) is 0 Å². The smallest absolute Gasteiger partial charge is 0.138 e. The molecule has 0 aromatic carbocycles. The molecule has 1 aromatic rings. The van der Waals surface area contributed by atoms with E-state index in [1.54, 1.807) is 6.33 Å². The van der Waals surface area contributed by atoms with Crippen molar-refractivity contribution < 1.29 is 0 Å². The van der Waals surface area contributed by atoms with Gasteiger partial charge in [-0.25, -0.2) is 9.67 Å². The zero-order chi connectivity index (χ0) is 14.0. The molecule has 3 unspecified atom stereocenters. The monoisotopic (exact) mass is 264 g/mol. The van der Waals surface area contributed by atoms with Crippen molar-refractivity contribution in [3.63, 3.8) is 0 Å². The second-order valence-electron chi connectivity index (χ2n) is 6.99. The van der Waals surface area contributed by atoms with Gasteiger partial charge in [0.25, 0.3) is 0 Å². The summed E-state index contributed by atoms with van der Waals surface area (Å²) in [5.74, 6) is 3.14. The molecule has 0 amide bonds. The molecule has 2 rings (SSSR count). The third kappa shape index (κ3) is 3.56. The minimum absolute atomic E-state index is 0.0896. The van der Waals surface area contributed by atoms with Gasteiger partial charge in [-0.2, -0.15) is 5.10 Å². The highest BCUT2D eigenvalue weighted by Crippen LogP contribution is 2.36. The maximum Gasteiger partial charge on any atom is 0.138 e. The summed E-state index contributed by atoms with van der Waals surface area (Å²) in [5.41, 5.74) is 6.53. The van der Waals surface area contributed by atoms with Gasteiger partial charge >= 0.3 is 0 Å². The Bertz CT molecular complexity index is 412. The first-order valence-electron chi connectivity index (χ1n) is 7.55. The molecule has 4 nitrogen and oxygen atoms in total. The number of rotatable bonds is 4. The quantitative estimate of drug-likeness (QED) is 0.909. The van der Waals surface area contributed by atoms with Crippen molar-refractivity contribution in [2.24, 2.45) is 23.5 Å². The second kappa shape index (κ2) is 5.61. The van der Waals surface area contributed by atoms with E-state index >= 15 is 0 Å². The van der Waals surface area contributed by atoms with E-state index in [4.69, 9.17) is 5.73 Å². The number of nitrogens with two attached hydrogens (primary N) is 1. The molecule has 0 bridgehead atoms. The van der Waals surface area contributed by atoms with Crippen molar-refractivity contribution in [3.8, 4) is 0 Å². The first kappa shape index (κ1) is 14.5. The first-order valence-corrected chi connectivity index (χ1v) is 7.55. The minimum atomic E-state index is -0.0896. The Balaban J connectivity index is 2.06. The predicted octanol–water partition coefficient (Wildman–Crippen LogP) is 2.63. The molecular weight excluding hydrogens is 236 g/mol. The molecule has 0 aliphatic heterocycles. The number of aromatic nitrogens is 3. The maximum absolute atomic E-state index is 6.62. The highest BCUT2D eigenvalue weighted by Gasteiger charge is 2.35. The van der Waals surface area contributed by atoms with Crippen molar-refractivity contribution in [2.45, 2.75) is 65.5 Å². The van der Waals surface area contributed by atoms with E-state index in [1.165, 1.54) is 6.42 Å². The highest BCUT2D eigenvalue weighted by molar-refractivity contribution is 5.01. The number of hydrogen-bond donors (Lipinski definition) is 1. The van der Waals surface area contributed by atoms with E-state index in [1.807, 2.05) is 4.68 Å². The van der Waals surface area contributed by atoms with Crippen LogP contribution in [0.25, 0.3) is 0 Å². The lowest BCUT2D eigenvalue weighted by atomic mass is 9.70. The molecule has 0 spiro atoms. The normalized spacial score (nSPS) is 31.9. The molecule has 108 valence electrons. The Labute approximate surface area is 116 Å². The molecule has 1 heterocycles. The van der Waals surface area contributed by atoms with Gasteiger partial charge in [0.15, 0.2) is 0 Å². The standard InChI is InChI=1S/C15H28N4/c1-11(2)9-19-14(17-10-18-19)8-15(16)6-5-12(3)13(4)7-15/h10-13H,5-9,16H2,1-4H3. The Morgan fingerprint density at radius 2 is 2.16 bits per heavy atom. The maximum atomic E-state index is 6.62. The summed E-state index contributed by atoms with van der Waals surface area (Å²) in [6.07, 6.45) is 5.96. The van der Waals surface area contributed by atoms with Crippen LogP contribution < -0.4 is 5.73 Å². The molecular formula is C15H28N4. The van der Waals surface area contributed by atoms with Gasteiger partial charge in [0, 0.05) is 18.5 Å². The average molecular weight is 264 g/mol. The fourth-order valence-corrected chi connectivity index (χ4v) is 3.14. The summed E-state index contributed by atoms with van der Waals surface area (Å²) in [6.45, 7) is 10.00. The summed E-state index contributed by atoms with van der Waals surface area (Å²) >= 11 is 0. The third-order valence-electron chi connectivity index (χ3n) is 4.54. The van der Waals surface area contributed by atoms with Crippen LogP contribution in [-0.2, 0) is 13.0 Å². The lowest BCUT2D eigenvalue weighted by Crippen LogP contribution is -2.48. The Morgan fingerprint density at radius 1 is 1.42 bits per heavy atom. The van der Waals surface area contributed by atoms with Crippen molar-refractivity contribution >= 4 is 0 Å². The fraction of sp³-hybridized carbons (Fsp3) is 0.867. The van der Waals surface area contributed by atoms with Crippen LogP contribution in [0.2, 0.25) is 0 Å². The average Bonchev–Trinajstić information content (AvgIpc) is 2.71. The van der Waals surface area contributed by atoms with Gasteiger partial charge in [0.05, 0.1) is 0 Å². The van der Waals surface area contributed by atoms with Crippen LogP contribution in [0, 0.1) is 17.8 Å². The van der Waals surface area contributed by atoms with Crippen molar-refractivity contribution in [1.82, 2.24) is 14.8 Å². The van der Waals surface area contributed by atoms with E-state index in [-0.39, 0.29) is 5.54 Å². The summed E-state index contributed by atoms with van der Waals surface area (Å²) < 4.78 is 2.03. The summed E-state index contributed by atoms with van der Waals surface area (Å²) in [7, 11) is 0. The van der Waals surface area contributed by atoms with E-state index in [0.717, 1.165) is 37.5 Å². The molecule has 1 saturated carbocycles. The Kier molecular flexibility index (Phi) is 4.29. The molecule has 1 aliphatic carbocycles. The van der Waals surface area contributed by atoms with E-state index < -0.39 is 0 Å². The summed E-state index contributed by atoms with van der Waals surface area (Å²) in [4.78, 5) is 4.42. The van der Waals surface area contributed by atoms with Gasteiger partial charge in [-0.1, -0.05) is 27.7 Å². The lowest BCUT2D eigenvalue weighted by molar-refractivity contribution is 0.172. The summed E-state index contributed by atoms with van der Waals surface area (Å²) in [5, 5.41) is 4.34. The molecule has 19 heavy (non-hydrogen) atoms. The Morgan fingerprint density at radius 3 is 2.79 bits per heavy atom. The molecule has 4 heteroatoms. The van der Waals surface area contributed by atoms with Crippen molar-refractivity contribution in [2.75, 3.05) is 0 Å². The zero-order valence-corrected chi connectivity index (χ0v) is 12.8. The van der Waals surface area contributed by atoms with Gasteiger partial charge in [0.2, 0.25) is 0 Å². The van der Waals surface area contributed by atoms with Gasteiger partial charge in [0.1, 0.15) is 12.2 Å². The van der Waals surface area contributed by atoms with E-state index in [2.05, 4.69) is 37.8 Å². The molecule has 1 aromatic heterocycles. The van der Waals surface area contributed by atoms with Gasteiger partial charge < -0.3 is 5.73 Å². The van der Waals surface area contributed by atoms with Crippen LogP contribution in [0.3, 0.4) is 0 Å². The fourth-order valence-electron chi connectivity index (χ4n) is 3.14. The zero-order valence-electron chi connectivity index (χ0n) is 12.8. The van der Waals surface area contributed by atoms with Crippen molar-refractivity contribution in [1.29, 1.82) is 0 Å². The SMILES string of the molecule is CC(C)Cn1ncnc1CC1(N)CCC(C)C(C)C1. The topological polar surface area (TPSA) is 56.7 Å². The minimum Gasteiger partial charge on any atom is -0.325 e. The first-order chi connectivity index (χ1) is 8.89. The van der Waals surface area contributed by atoms with E-state index in [0.29, 0.717) is 11.8 Å². The molecule has 1 fully saturated rings. The molecule has 3 atom stereocenters. The molecule has 1 aliphatic rings. The van der Waals surface area contributed by atoms with Crippen LogP contribution in [0.4, 0.5) is 0 Å². The van der Waals surface area contributed by atoms with Crippen molar-refractivity contribution in [3.05, 3.63) is 12.2 Å². The predicted molar refractivity (Wildman–Crippen MR) is 77.7 cm³/mol. The van der Waals surface area contributed by atoms with Crippen LogP contribution in [0.15, 0.2) is 6.33 Å². The van der Waals surface area contributed by atoms with Gasteiger partial charge in [-0.3, -0.25) is 0 Å². The van der Waals surface area contributed by atoms with Crippen LogP contribution in [0.5, 0.6) is 0 Å². The molecule has 0 radical (unpaired) electrons. The molecule has 2 N–H and O–H groups in total. The van der Waals surface area contributed by atoms with Gasteiger partial charge in [-0.15, -0.1) is 0 Å². The van der Waals surface area contributed by atoms with Crippen LogP contribution in [0.1, 0.15) is 52.8 Å². The van der Waals surface area contributed by atoms with Crippen LogP contribution >= 0.6 is 0 Å². The number of hydrogen-bond acceptors (Lipinski definition) is 3.